The fourth-order valence-electron chi connectivity index (χ4n) is 2.16. The zero-order valence-electron chi connectivity index (χ0n) is 17.0. The third-order valence-corrected chi connectivity index (χ3v) is 4.53. The monoisotopic (exact) mass is 401 g/mol. The van der Waals surface area contributed by atoms with Gasteiger partial charge in [0.2, 0.25) is 0 Å². The van der Waals surface area contributed by atoms with Gasteiger partial charge in [0.25, 0.3) is 0 Å². The highest BCUT2D eigenvalue weighted by molar-refractivity contribution is 8.02. The van der Waals surface area contributed by atoms with E-state index in [1.807, 2.05) is 13.0 Å². The number of esters is 2. The number of methoxy groups -OCH3 is 2. The summed E-state index contributed by atoms with van der Waals surface area (Å²) in [7, 11) is 2.64. The lowest BCUT2D eigenvalue weighted by Gasteiger charge is -2.14. The highest BCUT2D eigenvalue weighted by Crippen LogP contribution is 2.23. The number of ether oxygens (including phenoxy) is 3. The van der Waals surface area contributed by atoms with Crippen molar-refractivity contribution in [2.75, 3.05) is 27.1 Å². The van der Waals surface area contributed by atoms with Crippen LogP contribution in [0.15, 0.2) is 22.3 Å². The standard InChI is InChI=1S/C19H31NO6S/c1-7-8-12-26-19(23)20-16(27-6)15(18(22)25-5)13(2)10-9-11-14(3)17(21)24-4/h10,14H,7-9,11-12H2,1-6H3,(H,20,23)/b13-10+,16-15+. The molecule has 0 aliphatic carbocycles. The Balaban J connectivity index is 5.30. The summed E-state index contributed by atoms with van der Waals surface area (Å²) in [5.74, 6) is -1.06. The Hall–Kier alpha value is -1.96. The molecule has 8 heteroatoms. The molecule has 1 amide bonds. The van der Waals surface area contributed by atoms with Crippen molar-refractivity contribution < 1.29 is 28.6 Å². The number of hydrogen-bond acceptors (Lipinski definition) is 7. The quantitative estimate of drug-likeness (QED) is 0.185. The predicted octanol–water partition coefficient (Wildman–Crippen LogP) is 3.80. The molecule has 0 heterocycles. The second-order valence-electron chi connectivity index (χ2n) is 5.90. The number of unbranched alkanes of at least 4 members (excludes halogenated alkanes) is 1. The van der Waals surface area contributed by atoms with Gasteiger partial charge >= 0.3 is 18.0 Å². The third-order valence-electron chi connectivity index (χ3n) is 3.82. The molecule has 0 aromatic heterocycles. The summed E-state index contributed by atoms with van der Waals surface area (Å²) < 4.78 is 14.7. The van der Waals surface area contributed by atoms with Crippen molar-refractivity contribution in [3.05, 3.63) is 22.3 Å². The summed E-state index contributed by atoms with van der Waals surface area (Å²) in [6.45, 7) is 5.86. The Kier molecular flexibility index (Phi) is 13.1. The second-order valence-corrected chi connectivity index (χ2v) is 6.72. The lowest BCUT2D eigenvalue weighted by molar-refractivity contribution is -0.145. The first kappa shape index (κ1) is 25.0. The molecule has 0 aliphatic heterocycles. The van der Waals surface area contributed by atoms with Gasteiger partial charge in [-0.1, -0.05) is 26.3 Å². The number of thioether (sulfide) groups is 1. The molecule has 1 unspecified atom stereocenters. The van der Waals surface area contributed by atoms with Crippen LogP contribution in [0.25, 0.3) is 0 Å². The van der Waals surface area contributed by atoms with E-state index >= 15 is 0 Å². The molecule has 0 fully saturated rings. The van der Waals surface area contributed by atoms with Gasteiger partial charge in [-0.3, -0.25) is 10.1 Å². The summed E-state index contributed by atoms with van der Waals surface area (Å²) in [5.41, 5.74) is 0.917. The molecular formula is C19H31NO6S. The van der Waals surface area contributed by atoms with Crippen LogP contribution in [0.3, 0.4) is 0 Å². The van der Waals surface area contributed by atoms with Crippen molar-refractivity contribution in [1.82, 2.24) is 5.32 Å². The van der Waals surface area contributed by atoms with E-state index in [4.69, 9.17) is 14.2 Å². The molecule has 154 valence electrons. The van der Waals surface area contributed by atoms with Gasteiger partial charge in [0.05, 0.1) is 37.3 Å². The fourth-order valence-corrected chi connectivity index (χ4v) is 2.79. The summed E-state index contributed by atoms with van der Waals surface area (Å²) in [4.78, 5) is 35.6. The molecule has 0 saturated heterocycles. The minimum Gasteiger partial charge on any atom is -0.469 e. The van der Waals surface area contributed by atoms with Gasteiger partial charge in [-0.15, -0.1) is 11.8 Å². The van der Waals surface area contributed by atoms with Crippen molar-refractivity contribution in [3.63, 3.8) is 0 Å². The molecule has 0 spiro atoms. The van der Waals surface area contributed by atoms with Crippen molar-refractivity contribution in [1.29, 1.82) is 0 Å². The van der Waals surface area contributed by atoms with Crippen molar-refractivity contribution >= 4 is 29.8 Å². The van der Waals surface area contributed by atoms with Gasteiger partial charge in [0.15, 0.2) is 0 Å². The first-order chi connectivity index (χ1) is 12.8. The average Bonchev–Trinajstić information content (AvgIpc) is 2.66. The summed E-state index contributed by atoms with van der Waals surface area (Å²) >= 11 is 1.22. The Morgan fingerprint density at radius 1 is 1.19 bits per heavy atom. The van der Waals surface area contributed by atoms with Gasteiger partial charge < -0.3 is 14.2 Å². The van der Waals surface area contributed by atoms with E-state index in [0.29, 0.717) is 30.1 Å². The number of amides is 1. The molecule has 0 aromatic rings. The lowest BCUT2D eigenvalue weighted by atomic mass is 10.0. The molecule has 0 radical (unpaired) electrons. The van der Waals surface area contributed by atoms with Gasteiger partial charge in [-0.05, 0) is 38.0 Å². The molecule has 27 heavy (non-hydrogen) atoms. The Labute approximate surface area is 165 Å². The zero-order chi connectivity index (χ0) is 20.8. The smallest absolute Gasteiger partial charge is 0.412 e. The van der Waals surface area contributed by atoms with Gasteiger partial charge in [0, 0.05) is 0 Å². The maximum atomic E-state index is 12.2. The maximum Gasteiger partial charge on any atom is 0.412 e. The van der Waals surface area contributed by atoms with Crippen LogP contribution in [-0.4, -0.2) is 45.1 Å². The lowest BCUT2D eigenvalue weighted by Crippen LogP contribution is -2.26. The highest BCUT2D eigenvalue weighted by Gasteiger charge is 2.20. The van der Waals surface area contributed by atoms with E-state index < -0.39 is 12.1 Å². The molecule has 0 rings (SSSR count). The van der Waals surface area contributed by atoms with Crippen molar-refractivity contribution in [2.24, 2.45) is 5.92 Å². The van der Waals surface area contributed by atoms with Crippen LogP contribution in [0.2, 0.25) is 0 Å². The van der Waals surface area contributed by atoms with E-state index in [1.165, 1.54) is 26.0 Å². The third kappa shape index (κ3) is 9.51. The van der Waals surface area contributed by atoms with Crippen molar-refractivity contribution in [3.8, 4) is 0 Å². The number of carbonyl (C=O) groups excluding carboxylic acids is 3. The largest absolute Gasteiger partial charge is 0.469 e. The maximum absolute atomic E-state index is 12.2. The van der Waals surface area contributed by atoms with E-state index in [1.54, 1.807) is 20.1 Å². The minimum atomic E-state index is -0.610. The van der Waals surface area contributed by atoms with Crippen LogP contribution >= 0.6 is 11.8 Å². The number of hydrogen-bond donors (Lipinski definition) is 1. The Bertz CT molecular complexity index is 571. The topological polar surface area (TPSA) is 90.9 Å². The Morgan fingerprint density at radius 3 is 2.37 bits per heavy atom. The molecule has 1 N–H and O–H groups in total. The summed E-state index contributed by atoms with van der Waals surface area (Å²) in [6.07, 6.45) is 5.82. The minimum absolute atomic E-state index is 0.240. The molecule has 1 atom stereocenters. The van der Waals surface area contributed by atoms with Gasteiger partial charge in [-0.2, -0.15) is 0 Å². The number of nitrogens with one attached hydrogen (secondary N) is 1. The summed E-state index contributed by atoms with van der Waals surface area (Å²) in [6, 6.07) is 0. The number of alkyl carbamates (subject to hydrolysis) is 1. The predicted molar refractivity (Wildman–Crippen MR) is 106 cm³/mol. The SMILES string of the molecule is CCCCOC(=O)N/C(SC)=C(C(=O)OC)/C(C)=C/CCC(C)C(=O)OC. The Morgan fingerprint density at radius 2 is 1.85 bits per heavy atom. The van der Waals surface area contributed by atoms with E-state index in [0.717, 1.165) is 12.8 Å². The zero-order valence-corrected chi connectivity index (χ0v) is 17.9. The molecule has 0 saturated carbocycles. The fraction of sp³-hybridized carbons (Fsp3) is 0.632. The van der Waals surface area contributed by atoms with Gasteiger partial charge in [-0.25, -0.2) is 9.59 Å². The first-order valence-corrected chi connectivity index (χ1v) is 10.1. The van der Waals surface area contributed by atoms with Crippen LogP contribution in [-0.2, 0) is 23.8 Å². The first-order valence-electron chi connectivity index (χ1n) is 8.87. The van der Waals surface area contributed by atoms with Gasteiger partial charge in [0.1, 0.15) is 0 Å². The number of rotatable bonds is 11. The number of carbonyl (C=O) groups is 3. The van der Waals surface area contributed by atoms with E-state index in [-0.39, 0.29) is 17.5 Å². The van der Waals surface area contributed by atoms with E-state index in [9.17, 15) is 14.4 Å². The molecular weight excluding hydrogens is 370 g/mol. The van der Waals surface area contributed by atoms with Crippen LogP contribution < -0.4 is 5.32 Å². The van der Waals surface area contributed by atoms with Crippen LogP contribution in [0.4, 0.5) is 4.79 Å². The van der Waals surface area contributed by atoms with Crippen molar-refractivity contribution in [2.45, 2.75) is 46.5 Å². The number of allylic oxidation sites excluding steroid dienone is 1. The van der Waals surface area contributed by atoms with E-state index in [2.05, 4.69) is 5.32 Å². The normalized spacial score (nSPS) is 13.3. The summed E-state index contributed by atoms with van der Waals surface area (Å²) in [5, 5.41) is 2.97. The van der Waals surface area contributed by atoms with Crippen LogP contribution in [0.5, 0.6) is 0 Å². The molecule has 0 aliphatic rings. The second kappa shape index (κ2) is 14.1. The molecule has 0 bridgehead atoms. The van der Waals surface area contributed by atoms with Crippen LogP contribution in [0.1, 0.15) is 46.5 Å². The molecule has 7 nitrogen and oxygen atoms in total. The van der Waals surface area contributed by atoms with Crippen LogP contribution in [0, 0.1) is 5.92 Å². The molecule has 0 aromatic carbocycles. The average molecular weight is 402 g/mol. The highest BCUT2D eigenvalue weighted by atomic mass is 32.2.